The number of H-pyrrole nitrogens is 1. The fourth-order valence-electron chi connectivity index (χ4n) is 1.82. The SMILES string of the molecule is CCc1[nH]c2c(F)ccc(Br)c2c(=O)c1C. The van der Waals surface area contributed by atoms with E-state index in [4.69, 9.17) is 0 Å². The smallest absolute Gasteiger partial charge is 0.193 e. The molecule has 0 aliphatic carbocycles. The van der Waals surface area contributed by atoms with Gasteiger partial charge in [0, 0.05) is 15.7 Å². The third-order valence-corrected chi connectivity index (χ3v) is 3.41. The van der Waals surface area contributed by atoms with Gasteiger partial charge in [0.1, 0.15) is 5.82 Å². The number of aromatic amines is 1. The zero-order chi connectivity index (χ0) is 11.9. The Balaban J connectivity index is 3.04. The molecule has 0 bridgehead atoms. The van der Waals surface area contributed by atoms with Crippen molar-refractivity contribution in [2.45, 2.75) is 20.3 Å². The van der Waals surface area contributed by atoms with Gasteiger partial charge in [-0.05, 0) is 41.4 Å². The van der Waals surface area contributed by atoms with Gasteiger partial charge in [0.2, 0.25) is 0 Å². The van der Waals surface area contributed by atoms with Crippen molar-refractivity contribution < 1.29 is 4.39 Å². The van der Waals surface area contributed by atoms with Crippen LogP contribution in [0.15, 0.2) is 21.4 Å². The Morgan fingerprint density at radius 1 is 1.44 bits per heavy atom. The van der Waals surface area contributed by atoms with Gasteiger partial charge in [0.05, 0.1) is 10.9 Å². The standard InChI is InChI=1S/C12H11BrFNO/c1-3-9-6(2)12(16)10-7(13)4-5-8(14)11(10)15-9/h4-5H,3H2,1-2H3,(H,15,16). The number of hydrogen-bond acceptors (Lipinski definition) is 1. The molecule has 2 nitrogen and oxygen atoms in total. The molecular formula is C12H11BrFNO. The second kappa shape index (κ2) is 4.01. The van der Waals surface area contributed by atoms with Crippen molar-refractivity contribution in [2.24, 2.45) is 0 Å². The molecule has 0 saturated heterocycles. The molecule has 84 valence electrons. The topological polar surface area (TPSA) is 32.9 Å². The van der Waals surface area contributed by atoms with Gasteiger partial charge < -0.3 is 4.98 Å². The van der Waals surface area contributed by atoms with Gasteiger partial charge in [0.15, 0.2) is 5.43 Å². The van der Waals surface area contributed by atoms with Gasteiger partial charge in [-0.2, -0.15) is 0 Å². The van der Waals surface area contributed by atoms with Crippen LogP contribution in [0.25, 0.3) is 10.9 Å². The Kier molecular flexibility index (Phi) is 2.84. The van der Waals surface area contributed by atoms with Crippen molar-refractivity contribution in [1.82, 2.24) is 4.98 Å². The first-order valence-corrected chi connectivity index (χ1v) is 5.85. The highest BCUT2D eigenvalue weighted by Gasteiger charge is 2.12. The van der Waals surface area contributed by atoms with Crippen molar-refractivity contribution in [3.63, 3.8) is 0 Å². The van der Waals surface area contributed by atoms with E-state index in [1.54, 1.807) is 13.0 Å². The Hall–Kier alpha value is -1.16. The predicted molar refractivity (Wildman–Crippen MR) is 66.3 cm³/mol. The molecule has 0 saturated carbocycles. The molecule has 0 atom stereocenters. The first kappa shape index (κ1) is 11.3. The summed E-state index contributed by atoms with van der Waals surface area (Å²) >= 11 is 3.28. The summed E-state index contributed by atoms with van der Waals surface area (Å²) < 4.78 is 14.2. The number of aromatic nitrogens is 1. The maximum atomic E-state index is 13.6. The maximum Gasteiger partial charge on any atom is 0.193 e. The average Bonchev–Trinajstić information content (AvgIpc) is 2.27. The van der Waals surface area contributed by atoms with E-state index in [0.717, 1.165) is 5.69 Å². The molecule has 1 N–H and O–H groups in total. The van der Waals surface area contributed by atoms with E-state index < -0.39 is 5.82 Å². The van der Waals surface area contributed by atoms with Crippen LogP contribution >= 0.6 is 15.9 Å². The number of fused-ring (bicyclic) bond motifs is 1. The largest absolute Gasteiger partial charge is 0.356 e. The van der Waals surface area contributed by atoms with E-state index in [1.807, 2.05) is 6.92 Å². The van der Waals surface area contributed by atoms with Gasteiger partial charge >= 0.3 is 0 Å². The number of halogens is 2. The van der Waals surface area contributed by atoms with Gasteiger partial charge in [-0.25, -0.2) is 4.39 Å². The minimum absolute atomic E-state index is 0.114. The van der Waals surface area contributed by atoms with Crippen LogP contribution in [0.4, 0.5) is 4.39 Å². The summed E-state index contributed by atoms with van der Waals surface area (Å²) in [6.45, 7) is 3.69. The van der Waals surface area contributed by atoms with Crippen LogP contribution < -0.4 is 5.43 Å². The molecule has 0 aliphatic heterocycles. The van der Waals surface area contributed by atoms with E-state index in [0.29, 0.717) is 21.8 Å². The molecule has 0 unspecified atom stereocenters. The van der Waals surface area contributed by atoms with Crippen molar-refractivity contribution in [2.75, 3.05) is 0 Å². The number of aryl methyl sites for hydroxylation is 1. The fourth-order valence-corrected chi connectivity index (χ4v) is 2.33. The summed E-state index contributed by atoms with van der Waals surface area (Å²) in [7, 11) is 0. The molecule has 1 aromatic heterocycles. The predicted octanol–water partition coefficient (Wildman–Crippen LogP) is 3.30. The Morgan fingerprint density at radius 2 is 2.12 bits per heavy atom. The summed E-state index contributed by atoms with van der Waals surface area (Å²) in [5, 5.41) is 0.384. The fraction of sp³-hybridized carbons (Fsp3) is 0.250. The lowest BCUT2D eigenvalue weighted by molar-refractivity contribution is 0.636. The molecule has 0 amide bonds. The van der Waals surface area contributed by atoms with E-state index in [2.05, 4.69) is 20.9 Å². The van der Waals surface area contributed by atoms with E-state index >= 15 is 0 Å². The van der Waals surface area contributed by atoms with Gasteiger partial charge in [-0.15, -0.1) is 0 Å². The third kappa shape index (κ3) is 1.57. The molecule has 0 aliphatic rings. The quantitative estimate of drug-likeness (QED) is 0.856. The van der Waals surface area contributed by atoms with Crippen LogP contribution in [0.5, 0.6) is 0 Å². The minimum Gasteiger partial charge on any atom is -0.356 e. The lowest BCUT2D eigenvalue weighted by atomic mass is 10.1. The van der Waals surface area contributed by atoms with Crippen molar-refractivity contribution in [1.29, 1.82) is 0 Å². The van der Waals surface area contributed by atoms with E-state index in [-0.39, 0.29) is 10.9 Å². The summed E-state index contributed by atoms with van der Waals surface area (Å²) in [6, 6.07) is 2.90. The summed E-state index contributed by atoms with van der Waals surface area (Å²) in [5.74, 6) is -0.398. The second-order valence-electron chi connectivity index (χ2n) is 3.69. The zero-order valence-electron chi connectivity index (χ0n) is 9.03. The van der Waals surface area contributed by atoms with Crippen LogP contribution in [0.2, 0.25) is 0 Å². The highest BCUT2D eigenvalue weighted by atomic mass is 79.9. The first-order chi connectivity index (χ1) is 7.56. The Morgan fingerprint density at radius 3 is 2.75 bits per heavy atom. The summed E-state index contributed by atoms with van der Waals surface area (Å²) in [5.41, 5.74) is 1.61. The number of benzene rings is 1. The highest BCUT2D eigenvalue weighted by molar-refractivity contribution is 9.10. The molecule has 0 fully saturated rings. The van der Waals surface area contributed by atoms with Crippen LogP contribution in [0.3, 0.4) is 0 Å². The molecule has 0 spiro atoms. The van der Waals surface area contributed by atoms with Crippen LogP contribution in [-0.2, 0) is 6.42 Å². The van der Waals surface area contributed by atoms with Gasteiger partial charge in [-0.1, -0.05) is 6.92 Å². The van der Waals surface area contributed by atoms with Crippen molar-refractivity contribution in [3.05, 3.63) is 43.9 Å². The number of hydrogen-bond donors (Lipinski definition) is 1. The van der Waals surface area contributed by atoms with E-state index in [1.165, 1.54) is 6.07 Å². The number of nitrogens with one attached hydrogen (secondary N) is 1. The normalized spacial score (nSPS) is 11.0. The maximum absolute atomic E-state index is 13.6. The minimum atomic E-state index is -0.398. The number of pyridine rings is 1. The van der Waals surface area contributed by atoms with Gasteiger partial charge in [-0.3, -0.25) is 4.79 Å². The zero-order valence-corrected chi connectivity index (χ0v) is 10.6. The molecule has 0 radical (unpaired) electrons. The lowest BCUT2D eigenvalue weighted by Crippen LogP contribution is -2.12. The van der Waals surface area contributed by atoms with Crippen LogP contribution in [0.1, 0.15) is 18.2 Å². The van der Waals surface area contributed by atoms with Gasteiger partial charge in [0.25, 0.3) is 0 Å². The van der Waals surface area contributed by atoms with E-state index in [9.17, 15) is 9.18 Å². The van der Waals surface area contributed by atoms with Crippen molar-refractivity contribution >= 4 is 26.8 Å². The Bertz CT molecular complexity index is 618. The average molecular weight is 284 g/mol. The lowest BCUT2D eigenvalue weighted by Gasteiger charge is -2.08. The molecule has 16 heavy (non-hydrogen) atoms. The van der Waals surface area contributed by atoms with Crippen LogP contribution in [0, 0.1) is 12.7 Å². The molecule has 1 heterocycles. The molecule has 2 aromatic rings. The monoisotopic (exact) mass is 283 g/mol. The highest BCUT2D eigenvalue weighted by Crippen LogP contribution is 2.23. The summed E-state index contributed by atoms with van der Waals surface area (Å²) in [6.07, 6.45) is 0.683. The third-order valence-electron chi connectivity index (χ3n) is 2.75. The first-order valence-electron chi connectivity index (χ1n) is 5.05. The molecule has 2 rings (SSSR count). The van der Waals surface area contributed by atoms with Crippen molar-refractivity contribution in [3.8, 4) is 0 Å². The number of rotatable bonds is 1. The Labute approximate surface area is 101 Å². The molecular weight excluding hydrogens is 273 g/mol. The molecule has 1 aromatic carbocycles. The van der Waals surface area contributed by atoms with Crippen LogP contribution in [-0.4, -0.2) is 4.98 Å². The molecule has 4 heteroatoms. The second-order valence-corrected chi connectivity index (χ2v) is 4.54. The summed E-state index contributed by atoms with van der Waals surface area (Å²) in [4.78, 5) is 15.1.